The molecule has 17 heavy (non-hydrogen) atoms. The van der Waals surface area contributed by atoms with Gasteiger partial charge in [0.1, 0.15) is 0 Å². The molecule has 0 bridgehead atoms. The van der Waals surface area contributed by atoms with Crippen molar-refractivity contribution < 1.29 is 9.84 Å². The molecule has 0 aromatic heterocycles. The number of likely N-dealkylation sites (tertiary alicyclic amines) is 1. The maximum Gasteiger partial charge on any atom is 0.0681 e. The molecule has 1 aliphatic heterocycles. The Kier molecular flexibility index (Phi) is 4.75. The SMILES string of the molecule is CCOC1CC(O)C12CCN(CCSC)CC2. The number of aliphatic hydroxyl groups excluding tert-OH is 1. The Hall–Kier alpha value is 0.230. The molecule has 0 aromatic carbocycles. The predicted octanol–water partition coefficient (Wildman–Crippen LogP) is 1.60. The van der Waals surface area contributed by atoms with Gasteiger partial charge in [-0.05, 0) is 39.1 Å². The Morgan fingerprint density at radius 3 is 2.65 bits per heavy atom. The van der Waals surface area contributed by atoms with Crippen LogP contribution in [-0.2, 0) is 4.74 Å². The Bertz CT molecular complexity index is 240. The molecule has 0 radical (unpaired) electrons. The molecule has 1 aliphatic carbocycles. The van der Waals surface area contributed by atoms with Crippen molar-refractivity contribution in [2.45, 2.75) is 38.4 Å². The monoisotopic (exact) mass is 259 g/mol. The number of rotatable bonds is 5. The van der Waals surface area contributed by atoms with E-state index in [0.29, 0.717) is 6.10 Å². The van der Waals surface area contributed by atoms with E-state index >= 15 is 0 Å². The van der Waals surface area contributed by atoms with Crippen LogP contribution in [-0.4, -0.2) is 60.5 Å². The van der Waals surface area contributed by atoms with Gasteiger partial charge in [-0.3, -0.25) is 0 Å². The van der Waals surface area contributed by atoms with Crippen LogP contribution in [0.25, 0.3) is 0 Å². The number of nitrogens with zero attached hydrogens (tertiary/aromatic N) is 1. The van der Waals surface area contributed by atoms with E-state index < -0.39 is 0 Å². The molecule has 3 nitrogen and oxygen atoms in total. The molecule has 1 N–H and O–H groups in total. The highest BCUT2D eigenvalue weighted by Crippen LogP contribution is 2.50. The largest absolute Gasteiger partial charge is 0.392 e. The molecule has 1 spiro atoms. The van der Waals surface area contributed by atoms with Gasteiger partial charge >= 0.3 is 0 Å². The van der Waals surface area contributed by atoms with E-state index in [4.69, 9.17) is 4.74 Å². The van der Waals surface area contributed by atoms with Gasteiger partial charge in [0, 0.05) is 30.7 Å². The average molecular weight is 259 g/mol. The maximum absolute atomic E-state index is 10.1. The minimum absolute atomic E-state index is 0.0892. The van der Waals surface area contributed by atoms with Crippen molar-refractivity contribution in [1.29, 1.82) is 0 Å². The van der Waals surface area contributed by atoms with E-state index in [2.05, 4.69) is 11.2 Å². The van der Waals surface area contributed by atoms with Gasteiger partial charge in [0.05, 0.1) is 12.2 Å². The highest BCUT2D eigenvalue weighted by atomic mass is 32.2. The highest BCUT2D eigenvalue weighted by Gasteiger charge is 2.55. The van der Waals surface area contributed by atoms with Crippen LogP contribution < -0.4 is 0 Å². The minimum atomic E-state index is -0.123. The topological polar surface area (TPSA) is 32.7 Å². The van der Waals surface area contributed by atoms with Crippen molar-refractivity contribution in [3.8, 4) is 0 Å². The van der Waals surface area contributed by atoms with Gasteiger partial charge in [-0.15, -0.1) is 0 Å². The third-order valence-electron chi connectivity index (χ3n) is 4.51. The van der Waals surface area contributed by atoms with Crippen LogP contribution in [0.15, 0.2) is 0 Å². The molecule has 1 saturated carbocycles. The normalized spacial score (nSPS) is 32.6. The number of thioether (sulfide) groups is 1. The zero-order chi connectivity index (χ0) is 12.3. The number of hydrogen-bond acceptors (Lipinski definition) is 4. The van der Waals surface area contributed by atoms with Crippen molar-refractivity contribution in [2.75, 3.05) is 38.2 Å². The first-order valence-corrected chi connectivity index (χ1v) is 8.13. The fraction of sp³-hybridized carbons (Fsp3) is 1.00. The highest BCUT2D eigenvalue weighted by molar-refractivity contribution is 7.98. The molecule has 2 aliphatic rings. The summed E-state index contributed by atoms with van der Waals surface area (Å²) >= 11 is 1.91. The summed E-state index contributed by atoms with van der Waals surface area (Å²) < 4.78 is 5.78. The van der Waals surface area contributed by atoms with Crippen LogP contribution in [0.5, 0.6) is 0 Å². The molecule has 2 atom stereocenters. The Morgan fingerprint density at radius 1 is 1.41 bits per heavy atom. The number of piperidine rings is 1. The second-order valence-electron chi connectivity index (χ2n) is 5.26. The number of hydrogen-bond donors (Lipinski definition) is 1. The Morgan fingerprint density at radius 2 is 2.12 bits per heavy atom. The lowest BCUT2D eigenvalue weighted by atomic mass is 9.58. The van der Waals surface area contributed by atoms with Crippen molar-refractivity contribution in [1.82, 2.24) is 4.90 Å². The third-order valence-corrected chi connectivity index (χ3v) is 5.10. The number of aliphatic hydroxyl groups is 1. The molecular weight excluding hydrogens is 234 g/mol. The standard InChI is InChI=1S/C13H25NO2S/c1-3-16-12-10-11(15)13(12)4-6-14(7-5-13)8-9-17-2/h11-12,15H,3-10H2,1-2H3. The van der Waals surface area contributed by atoms with E-state index in [1.54, 1.807) is 0 Å². The molecule has 2 fully saturated rings. The molecule has 1 heterocycles. The molecule has 0 aromatic rings. The molecule has 100 valence electrons. The molecule has 4 heteroatoms. The van der Waals surface area contributed by atoms with E-state index in [0.717, 1.165) is 39.0 Å². The van der Waals surface area contributed by atoms with E-state index in [1.165, 1.54) is 12.3 Å². The fourth-order valence-corrected chi connectivity index (χ4v) is 3.67. The Labute approximate surface area is 109 Å². The second-order valence-corrected chi connectivity index (χ2v) is 6.25. The minimum Gasteiger partial charge on any atom is -0.392 e. The van der Waals surface area contributed by atoms with Gasteiger partial charge in [0.25, 0.3) is 0 Å². The third kappa shape index (κ3) is 2.65. The first-order valence-electron chi connectivity index (χ1n) is 6.74. The lowest BCUT2D eigenvalue weighted by molar-refractivity contribution is -0.209. The zero-order valence-corrected chi connectivity index (χ0v) is 11.8. The summed E-state index contributed by atoms with van der Waals surface area (Å²) in [7, 11) is 0. The van der Waals surface area contributed by atoms with E-state index in [9.17, 15) is 5.11 Å². The molecule has 2 rings (SSSR count). The van der Waals surface area contributed by atoms with E-state index in [-0.39, 0.29) is 11.5 Å². The average Bonchev–Trinajstić information content (AvgIpc) is 2.37. The van der Waals surface area contributed by atoms with Crippen LogP contribution in [0.4, 0.5) is 0 Å². The quantitative estimate of drug-likeness (QED) is 0.813. The van der Waals surface area contributed by atoms with Crippen molar-refractivity contribution in [3.63, 3.8) is 0 Å². The second kappa shape index (κ2) is 5.91. The molecule has 1 saturated heterocycles. The summed E-state index contributed by atoms with van der Waals surface area (Å²) in [5.41, 5.74) is 0.0892. The molecular formula is C13H25NO2S. The van der Waals surface area contributed by atoms with Crippen LogP contribution in [0.2, 0.25) is 0 Å². The summed E-state index contributed by atoms with van der Waals surface area (Å²) in [5.74, 6) is 1.21. The van der Waals surface area contributed by atoms with Crippen molar-refractivity contribution >= 4 is 11.8 Å². The van der Waals surface area contributed by atoms with Gasteiger partial charge < -0.3 is 14.7 Å². The van der Waals surface area contributed by atoms with Crippen LogP contribution in [0.1, 0.15) is 26.2 Å². The molecule has 2 unspecified atom stereocenters. The van der Waals surface area contributed by atoms with Gasteiger partial charge in [0.2, 0.25) is 0 Å². The summed E-state index contributed by atoms with van der Waals surface area (Å²) in [5, 5.41) is 10.1. The maximum atomic E-state index is 10.1. The van der Waals surface area contributed by atoms with Crippen molar-refractivity contribution in [3.05, 3.63) is 0 Å². The predicted molar refractivity (Wildman–Crippen MR) is 72.5 cm³/mol. The first kappa shape index (κ1) is 13.7. The van der Waals surface area contributed by atoms with Gasteiger partial charge in [-0.2, -0.15) is 11.8 Å². The van der Waals surface area contributed by atoms with Gasteiger partial charge in [0.15, 0.2) is 0 Å². The first-order chi connectivity index (χ1) is 8.23. The lowest BCUT2D eigenvalue weighted by Gasteiger charge is -2.56. The summed E-state index contributed by atoms with van der Waals surface area (Å²) in [4.78, 5) is 2.52. The van der Waals surface area contributed by atoms with Gasteiger partial charge in [-0.1, -0.05) is 0 Å². The Balaban J connectivity index is 1.83. The summed E-state index contributed by atoms with van der Waals surface area (Å²) in [6, 6.07) is 0. The molecule has 0 amide bonds. The van der Waals surface area contributed by atoms with Crippen LogP contribution in [0.3, 0.4) is 0 Å². The van der Waals surface area contributed by atoms with Crippen LogP contribution >= 0.6 is 11.8 Å². The van der Waals surface area contributed by atoms with Crippen LogP contribution in [0, 0.1) is 5.41 Å². The van der Waals surface area contributed by atoms with Crippen molar-refractivity contribution in [2.24, 2.45) is 5.41 Å². The number of ether oxygens (including phenoxy) is 1. The smallest absolute Gasteiger partial charge is 0.0681 e. The lowest BCUT2D eigenvalue weighted by Crippen LogP contribution is -2.62. The van der Waals surface area contributed by atoms with E-state index in [1.807, 2.05) is 18.7 Å². The fourth-order valence-electron chi connectivity index (χ4n) is 3.23. The van der Waals surface area contributed by atoms with Gasteiger partial charge in [-0.25, -0.2) is 0 Å². The summed E-state index contributed by atoms with van der Waals surface area (Å²) in [6.45, 7) is 6.26. The zero-order valence-electron chi connectivity index (χ0n) is 11.0. The summed E-state index contributed by atoms with van der Waals surface area (Å²) in [6.07, 6.45) is 5.40.